The SMILES string of the molecule is COCC(C)(C)c1c(-c2c(OC)cc(C(=O)O)cc2OC)c2cc(N)c(C=N)cc2n1-c1ccc(F)c(F)c1. The number of rotatable bonds is 9. The molecule has 1 aromatic heterocycles. The van der Waals surface area contributed by atoms with Crippen molar-refractivity contribution in [2.75, 3.05) is 33.7 Å². The minimum absolute atomic E-state index is 0.0416. The Labute approximate surface area is 224 Å². The molecule has 0 saturated heterocycles. The van der Waals surface area contributed by atoms with E-state index in [9.17, 15) is 18.7 Å². The summed E-state index contributed by atoms with van der Waals surface area (Å²) < 4.78 is 47.2. The van der Waals surface area contributed by atoms with Gasteiger partial charge in [0.15, 0.2) is 11.6 Å². The third-order valence-corrected chi connectivity index (χ3v) is 6.64. The van der Waals surface area contributed by atoms with E-state index in [2.05, 4.69) is 0 Å². The van der Waals surface area contributed by atoms with Crippen LogP contribution >= 0.6 is 0 Å². The minimum atomic E-state index is -1.16. The number of hydrogen-bond donors (Lipinski definition) is 3. The molecule has 0 unspecified atom stereocenters. The van der Waals surface area contributed by atoms with E-state index in [1.165, 1.54) is 32.4 Å². The van der Waals surface area contributed by atoms with Crippen molar-refractivity contribution >= 4 is 28.8 Å². The summed E-state index contributed by atoms with van der Waals surface area (Å²) in [6.45, 7) is 4.08. The molecule has 0 bridgehead atoms. The van der Waals surface area contributed by atoms with E-state index in [-0.39, 0.29) is 23.7 Å². The Morgan fingerprint density at radius 3 is 2.18 bits per heavy atom. The van der Waals surface area contributed by atoms with E-state index < -0.39 is 23.0 Å². The van der Waals surface area contributed by atoms with Crippen molar-refractivity contribution in [1.29, 1.82) is 5.41 Å². The number of carboxylic acids is 1. The number of ether oxygens (including phenoxy) is 3. The van der Waals surface area contributed by atoms with Crippen LogP contribution in [0.15, 0.2) is 42.5 Å². The minimum Gasteiger partial charge on any atom is -0.496 e. The molecule has 4 aromatic rings. The highest BCUT2D eigenvalue weighted by atomic mass is 19.2. The quantitative estimate of drug-likeness (QED) is 0.184. The fraction of sp³-hybridized carbons (Fsp3) is 0.241. The number of benzene rings is 3. The zero-order chi connectivity index (χ0) is 28.6. The second kappa shape index (κ2) is 10.4. The van der Waals surface area contributed by atoms with Crippen molar-refractivity contribution in [3.63, 3.8) is 0 Å². The van der Waals surface area contributed by atoms with Gasteiger partial charge in [-0.25, -0.2) is 13.6 Å². The van der Waals surface area contributed by atoms with Crippen molar-refractivity contribution in [2.45, 2.75) is 19.3 Å². The first-order valence-corrected chi connectivity index (χ1v) is 11.9. The fourth-order valence-electron chi connectivity index (χ4n) is 4.99. The Balaban J connectivity index is 2.32. The Kier molecular flexibility index (Phi) is 7.34. The number of hydrogen-bond acceptors (Lipinski definition) is 6. The summed E-state index contributed by atoms with van der Waals surface area (Å²) in [5.41, 5.74) is 8.78. The molecule has 0 radical (unpaired) electrons. The van der Waals surface area contributed by atoms with Crippen molar-refractivity contribution in [1.82, 2.24) is 4.57 Å². The van der Waals surface area contributed by atoms with E-state index in [4.69, 9.17) is 25.4 Å². The van der Waals surface area contributed by atoms with E-state index in [1.54, 1.807) is 23.8 Å². The smallest absolute Gasteiger partial charge is 0.335 e. The highest BCUT2D eigenvalue weighted by Gasteiger charge is 2.35. The Bertz CT molecular complexity index is 1590. The monoisotopic (exact) mass is 537 g/mol. The average Bonchev–Trinajstić information content (AvgIpc) is 3.23. The molecule has 0 saturated carbocycles. The average molecular weight is 538 g/mol. The lowest BCUT2D eigenvalue weighted by Gasteiger charge is -2.29. The molecule has 1 heterocycles. The summed E-state index contributed by atoms with van der Waals surface area (Å²) >= 11 is 0. The zero-order valence-electron chi connectivity index (χ0n) is 22.2. The zero-order valence-corrected chi connectivity index (χ0v) is 22.2. The number of nitrogens with zero attached hydrogens (tertiary/aromatic N) is 1. The Morgan fingerprint density at radius 2 is 1.67 bits per heavy atom. The number of nitrogens with one attached hydrogen (secondary N) is 1. The number of methoxy groups -OCH3 is 3. The number of halogens is 2. The number of nitrogens with two attached hydrogens (primary N) is 1. The molecule has 204 valence electrons. The van der Waals surface area contributed by atoms with Gasteiger partial charge in [-0.2, -0.15) is 0 Å². The molecule has 0 fully saturated rings. The molecule has 0 aliphatic carbocycles. The van der Waals surface area contributed by atoms with Crippen LogP contribution in [0, 0.1) is 17.0 Å². The third-order valence-electron chi connectivity index (χ3n) is 6.64. The molecule has 0 aliphatic heterocycles. The van der Waals surface area contributed by atoms with Crippen LogP contribution in [0.4, 0.5) is 14.5 Å². The van der Waals surface area contributed by atoms with Gasteiger partial charge < -0.3 is 35.0 Å². The number of carboxylic acid groups (broad SMARTS) is 1. The van der Waals surface area contributed by atoms with Crippen LogP contribution in [-0.2, 0) is 10.2 Å². The Hall–Kier alpha value is -4.44. The number of nitrogen functional groups attached to an aromatic ring is 1. The molecule has 0 atom stereocenters. The van der Waals surface area contributed by atoms with E-state index in [0.717, 1.165) is 18.3 Å². The van der Waals surface area contributed by atoms with Crippen LogP contribution in [0.1, 0.15) is 35.5 Å². The lowest BCUT2D eigenvalue weighted by molar-refractivity contribution is 0.0696. The summed E-state index contributed by atoms with van der Waals surface area (Å²) in [5, 5.41) is 18.1. The van der Waals surface area contributed by atoms with Gasteiger partial charge in [-0.3, -0.25) is 0 Å². The van der Waals surface area contributed by atoms with Gasteiger partial charge in [-0.15, -0.1) is 0 Å². The van der Waals surface area contributed by atoms with Gasteiger partial charge >= 0.3 is 5.97 Å². The fourth-order valence-corrected chi connectivity index (χ4v) is 4.99. The third kappa shape index (κ3) is 4.67. The molecule has 4 rings (SSSR count). The van der Waals surface area contributed by atoms with E-state index in [0.29, 0.717) is 44.7 Å². The predicted octanol–water partition coefficient (Wildman–Crippen LogP) is 5.79. The molecule has 0 amide bonds. The number of fused-ring (bicyclic) bond motifs is 1. The lowest BCUT2D eigenvalue weighted by atomic mass is 9.84. The maximum Gasteiger partial charge on any atom is 0.335 e. The largest absolute Gasteiger partial charge is 0.496 e. The molecule has 0 spiro atoms. The summed E-state index contributed by atoms with van der Waals surface area (Å²) in [5.74, 6) is -2.75. The molecular weight excluding hydrogens is 508 g/mol. The molecular formula is C29H29F2N3O5. The molecule has 0 aliphatic rings. The second-order valence-corrected chi connectivity index (χ2v) is 9.68. The first kappa shape index (κ1) is 27.6. The molecule has 39 heavy (non-hydrogen) atoms. The topological polar surface area (TPSA) is 120 Å². The summed E-state index contributed by atoms with van der Waals surface area (Å²) in [6.07, 6.45) is 1.11. The van der Waals surface area contributed by atoms with Crippen LogP contribution in [0.5, 0.6) is 11.5 Å². The van der Waals surface area contributed by atoms with Gasteiger partial charge in [0.25, 0.3) is 0 Å². The van der Waals surface area contributed by atoms with E-state index in [1.807, 2.05) is 13.8 Å². The standard InChI is InChI=1S/C29H29F2N3O5/c1-29(2,14-37-3)27-25(26-23(38-4)9-15(28(35)36)10-24(26)39-5)18-12-21(33)16(13-32)8-22(18)34(27)17-6-7-19(30)20(31)11-17/h6-13,32H,14,33H2,1-5H3,(H,35,36). The maximum atomic E-state index is 14.6. The lowest BCUT2D eigenvalue weighted by Crippen LogP contribution is -2.27. The van der Waals surface area contributed by atoms with Crippen molar-refractivity contribution in [3.05, 3.63) is 70.9 Å². The van der Waals surface area contributed by atoms with Crippen LogP contribution in [-0.4, -0.2) is 49.8 Å². The molecule has 3 aromatic carbocycles. The summed E-state index contributed by atoms with van der Waals surface area (Å²) in [7, 11) is 4.39. The predicted molar refractivity (Wildman–Crippen MR) is 146 cm³/mol. The molecule has 10 heteroatoms. The van der Waals surface area contributed by atoms with Crippen LogP contribution in [0.25, 0.3) is 27.7 Å². The number of aromatic carboxylic acids is 1. The van der Waals surface area contributed by atoms with Gasteiger partial charge in [-0.1, -0.05) is 13.8 Å². The van der Waals surface area contributed by atoms with Crippen LogP contribution in [0.3, 0.4) is 0 Å². The second-order valence-electron chi connectivity index (χ2n) is 9.68. The van der Waals surface area contributed by atoms with Crippen LogP contribution < -0.4 is 15.2 Å². The molecule has 8 nitrogen and oxygen atoms in total. The first-order chi connectivity index (χ1) is 18.5. The normalized spacial score (nSPS) is 11.6. The number of carbonyl (C=O) groups is 1. The highest BCUT2D eigenvalue weighted by molar-refractivity contribution is 6.07. The highest BCUT2D eigenvalue weighted by Crippen LogP contribution is 2.50. The van der Waals surface area contributed by atoms with Crippen molar-refractivity contribution in [2.24, 2.45) is 0 Å². The van der Waals surface area contributed by atoms with E-state index >= 15 is 0 Å². The van der Waals surface area contributed by atoms with Crippen molar-refractivity contribution in [3.8, 4) is 28.3 Å². The Morgan fingerprint density at radius 1 is 1.03 bits per heavy atom. The van der Waals surface area contributed by atoms with Gasteiger partial charge in [0.05, 0.1) is 37.5 Å². The summed E-state index contributed by atoms with van der Waals surface area (Å²) in [6, 6.07) is 9.76. The van der Waals surface area contributed by atoms with Gasteiger partial charge in [0.1, 0.15) is 11.5 Å². The molecule has 4 N–H and O–H groups in total. The van der Waals surface area contributed by atoms with Gasteiger partial charge in [0.2, 0.25) is 0 Å². The van der Waals surface area contributed by atoms with Crippen molar-refractivity contribution < 1.29 is 32.9 Å². The summed E-state index contributed by atoms with van der Waals surface area (Å²) in [4.78, 5) is 11.8. The van der Waals surface area contributed by atoms with Gasteiger partial charge in [0, 0.05) is 58.4 Å². The number of aromatic nitrogens is 1. The maximum absolute atomic E-state index is 14.6. The van der Waals surface area contributed by atoms with Gasteiger partial charge in [-0.05, 0) is 36.4 Å². The first-order valence-electron chi connectivity index (χ1n) is 11.9. The van der Waals surface area contributed by atoms with Crippen LogP contribution in [0.2, 0.25) is 0 Å². The number of anilines is 1.